The maximum Gasteiger partial charge on any atom is 0.240 e. The summed E-state index contributed by atoms with van der Waals surface area (Å²) >= 11 is 8.88. The Kier molecular flexibility index (Phi) is 6.69. The number of aromatic nitrogens is 1. The number of methoxy groups -OCH3 is 1. The zero-order valence-electron chi connectivity index (χ0n) is 17.0. The molecule has 1 unspecified atom stereocenters. The number of hydrogen-bond donors (Lipinski definition) is 1. The fourth-order valence-electron chi connectivity index (χ4n) is 3.33. The lowest BCUT2D eigenvalue weighted by atomic mass is 10.1. The molecule has 162 valence electrons. The molecule has 1 aromatic heterocycles. The van der Waals surface area contributed by atoms with Crippen molar-refractivity contribution in [2.45, 2.75) is 25.0 Å². The van der Waals surface area contributed by atoms with E-state index in [9.17, 15) is 9.18 Å². The van der Waals surface area contributed by atoms with E-state index in [1.54, 1.807) is 13.2 Å². The van der Waals surface area contributed by atoms with Crippen LogP contribution in [0.1, 0.15) is 22.7 Å². The number of aryl methyl sites for hydroxylation is 1. The van der Waals surface area contributed by atoms with Gasteiger partial charge in [0.2, 0.25) is 5.91 Å². The number of hydrogen-bond acceptors (Lipinski definition) is 6. The lowest BCUT2D eigenvalue weighted by molar-refractivity contribution is -0.115. The Labute approximate surface area is 193 Å². The van der Waals surface area contributed by atoms with Gasteiger partial charge in [-0.1, -0.05) is 11.6 Å². The third kappa shape index (κ3) is 5.31. The van der Waals surface area contributed by atoms with Gasteiger partial charge in [0.15, 0.2) is 0 Å². The van der Waals surface area contributed by atoms with Crippen LogP contribution in [-0.2, 0) is 11.2 Å². The first-order valence-electron chi connectivity index (χ1n) is 9.72. The number of benzene rings is 2. The van der Waals surface area contributed by atoms with Gasteiger partial charge in [-0.3, -0.25) is 4.79 Å². The second-order valence-electron chi connectivity index (χ2n) is 7.15. The molecular weight excluding hydrogens is 457 g/mol. The van der Waals surface area contributed by atoms with Crippen LogP contribution in [0.3, 0.4) is 0 Å². The molecule has 2 heterocycles. The molecule has 5 nitrogen and oxygen atoms in total. The number of carbonyl (C=O) groups is 1. The predicted octanol–water partition coefficient (Wildman–Crippen LogP) is 5.71. The SMILES string of the molecule is COc1ccc(N2CCC(C(=O)Nc3sc(Cc4cc(F)cc(Cl)c4)nc3C)S2)cc1. The summed E-state index contributed by atoms with van der Waals surface area (Å²) in [5.41, 5.74) is 2.55. The van der Waals surface area contributed by atoms with E-state index in [4.69, 9.17) is 16.3 Å². The topological polar surface area (TPSA) is 54.5 Å². The third-order valence-electron chi connectivity index (χ3n) is 4.86. The largest absolute Gasteiger partial charge is 0.497 e. The van der Waals surface area contributed by atoms with Gasteiger partial charge in [-0.05, 0) is 73.3 Å². The Morgan fingerprint density at radius 2 is 2.10 bits per heavy atom. The molecule has 2 aromatic carbocycles. The summed E-state index contributed by atoms with van der Waals surface area (Å²) in [6.45, 7) is 2.65. The Bertz CT molecular complexity index is 1070. The molecule has 4 rings (SSSR count). The quantitative estimate of drug-likeness (QED) is 0.461. The van der Waals surface area contributed by atoms with E-state index in [1.165, 1.54) is 35.4 Å². The second kappa shape index (κ2) is 9.46. The van der Waals surface area contributed by atoms with Gasteiger partial charge in [0.05, 0.1) is 17.8 Å². The Morgan fingerprint density at radius 3 is 2.81 bits per heavy atom. The summed E-state index contributed by atoms with van der Waals surface area (Å²) in [6, 6.07) is 12.3. The minimum atomic E-state index is -0.371. The number of thiazole rings is 1. The molecular formula is C22H21ClFN3O2S2. The molecule has 1 N–H and O–H groups in total. The number of carbonyl (C=O) groups excluding carboxylic acids is 1. The van der Waals surface area contributed by atoms with Gasteiger partial charge in [-0.15, -0.1) is 11.3 Å². The second-order valence-corrected chi connectivity index (χ2v) is 9.89. The molecule has 1 atom stereocenters. The van der Waals surface area contributed by atoms with Gasteiger partial charge < -0.3 is 14.4 Å². The van der Waals surface area contributed by atoms with Crippen molar-refractivity contribution in [3.8, 4) is 5.75 Å². The van der Waals surface area contributed by atoms with Gasteiger partial charge in [-0.2, -0.15) is 0 Å². The summed E-state index contributed by atoms with van der Waals surface area (Å²) in [4.78, 5) is 17.4. The van der Waals surface area contributed by atoms with Crippen LogP contribution in [0.4, 0.5) is 15.1 Å². The van der Waals surface area contributed by atoms with Crippen LogP contribution in [0.5, 0.6) is 5.75 Å². The molecule has 0 bridgehead atoms. The van der Waals surface area contributed by atoms with Crippen molar-refractivity contribution < 1.29 is 13.9 Å². The third-order valence-corrected chi connectivity index (χ3v) is 7.50. The van der Waals surface area contributed by atoms with Crippen molar-refractivity contribution in [3.63, 3.8) is 0 Å². The highest BCUT2D eigenvalue weighted by Gasteiger charge is 2.30. The number of halogens is 2. The lowest BCUT2D eigenvalue weighted by Gasteiger charge is -2.17. The smallest absolute Gasteiger partial charge is 0.240 e. The Morgan fingerprint density at radius 1 is 1.32 bits per heavy atom. The first kappa shape index (κ1) is 21.9. The van der Waals surface area contributed by atoms with Gasteiger partial charge in [0.25, 0.3) is 0 Å². The summed E-state index contributed by atoms with van der Waals surface area (Å²) in [5, 5.41) is 4.73. The van der Waals surface area contributed by atoms with Gasteiger partial charge in [0.1, 0.15) is 21.8 Å². The highest BCUT2D eigenvalue weighted by atomic mass is 35.5. The van der Waals surface area contributed by atoms with Crippen molar-refractivity contribution in [1.29, 1.82) is 0 Å². The number of anilines is 2. The standard InChI is InChI=1S/C22H21ClFN3O2S2/c1-13-22(30-20(25-13)11-14-9-15(23)12-16(24)10-14)26-21(28)19-7-8-27(31-19)17-3-5-18(29-2)6-4-17/h3-6,9-10,12,19H,7-8,11H2,1-2H3,(H,26,28). The van der Waals surface area contributed by atoms with Crippen LogP contribution in [0.2, 0.25) is 5.02 Å². The molecule has 1 amide bonds. The fourth-order valence-corrected chi connectivity index (χ4v) is 5.71. The van der Waals surface area contributed by atoms with Gasteiger partial charge >= 0.3 is 0 Å². The van der Waals surface area contributed by atoms with E-state index in [1.807, 2.05) is 31.2 Å². The van der Waals surface area contributed by atoms with E-state index >= 15 is 0 Å². The maximum absolute atomic E-state index is 13.6. The maximum atomic E-state index is 13.6. The van der Waals surface area contributed by atoms with Crippen molar-refractivity contribution in [1.82, 2.24) is 4.98 Å². The highest BCUT2D eigenvalue weighted by molar-refractivity contribution is 8.02. The molecule has 31 heavy (non-hydrogen) atoms. The first-order valence-corrected chi connectivity index (χ1v) is 11.7. The van der Waals surface area contributed by atoms with Crippen LogP contribution in [0, 0.1) is 12.7 Å². The van der Waals surface area contributed by atoms with Crippen LogP contribution < -0.4 is 14.4 Å². The minimum absolute atomic E-state index is 0.0342. The minimum Gasteiger partial charge on any atom is -0.497 e. The van der Waals surface area contributed by atoms with E-state index in [0.717, 1.165) is 45.7 Å². The molecule has 1 aliphatic rings. The van der Waals surface area contributed by atoms with E-state index < -0.39 is 0 Å². The molecule has 0 radical (unpaired) electrons. The van der Waals surface area contributed by atoms with Crippen molar-refractivity contribution >= 4 is 51.5 Å². The molecule has 0 aliphatic carbocycles. The summed E-state index contributed by atoms with van der Waals surface area (Å²) < 4.78 is 20.9. The van der Waals surface area contributed by atoms with E-state index in [2.05, 4.69) is 14.6 Å². The van der Waals surface area contributed by atoms with Crippen LogP contribution in [-0.4, -0.2) is 29.8 Å². The Balaban J connectivity index is 1.38. The molecule has 1 saturated heterocycles. The normalized spacial score (nSPS) is 15.9. The average molecular weight is 478 g/mol. The predicted molar refractivity (Wildman–Crippen MR) is 126 cm³/mol. The molecule has 3 aromatic rings. The van der Waals surface area contributed by atoms with Crippen molar-refractivity contribution in [2.24, 2.45) is 0 Å². The molecule has 9 heteroatoms. The number of nitrogens with one attached hydrogen (secondary N) is 1. The van der Waals surface area contributed by atoms with Crippen LogP contribution >= 0.6 is 34.9 Å². The highest BCUT2D eigenvalue weighted by Crippen LogP contribution is 2.36. The average Bonchev–Trinajstić information content (AvgIpc) is 3.35. The number of amides is 1. The lowest BCUT2D eigenvalue weighted by Crippen LogP contribution is -2.23. The van der Waals surface area contributed by atoms with Crippen molar-refractivity contribution in [3.05, 3.63) is 69.6 Å². The van der Waals surface area contributed by atoms with E-state index in [-0.39, 0.29) is 17.0 Å². The van der Waals surface area contributed by atoms with Crippen molar-refractivity contribution in [2.75, 3.05) is 23.3 Å². The zero-order chi connectivity index (χ0) is 22.0. The number of ether oxygens (including phenoxy) is 1. The summed E-state index contributed by atoms with van der Waals surface area (Å²) in [5.74, 6) is 0.399. The number of rotatable bonds is 6. The summed E-state index contributed by atoms with van der Waals surface area (Å²) in [6.07, 6.45) is 1.22. The monoisotopic (exact) mass is 477 g/mol. The molecule has 0 spiro atoms. The summed E-state index contributed by atoms with van der Waals surface area (Å²) in [7, 11) is 1.64. The van der Waals surface area contributed by atoms with Gasteiger partial charge in [-0.25, -0.2) is 9.37 Å². The van der Waals surface area contributed by atoms with E-state index in [0.29, 0.717) is 11.4 Å². The van der Waals surface area contributed by atoms with Crippen LogP contribution in [0.15, 0.2) is 42.5 Å². The Hall–Kier alpha value is -2.29. The van der Waals surface area contributed by atoms with Gasteiger partial charge in [0, 0.05) is 23.7 Å². The number of nitrogens with zero attached hydrogens (tertiary/aromatic N) is 2. The first-order chi connectivity index (χ1) is 14.9. The molecule has 0 saturated carbocycles. The molecule has 1 aliphatic heterocycles. The van der Waals surface area contributed by atoms with Crippen LogP contribution in [0.25, 0.3) is 0 Å². The fraction of sp³-hybridized carbons (Fsp3) is 0.273. The zero-order valence-corrected chi connectivity index (χ0v) is 19.4. The molecule has 1 fully saturated rings.